The normalized spacial score (nSPS) is 12.9. The first kappa shape index (κ1) is 24.4. The van der Waals surface area contributed by atoms with Crippen LogP contribution < -0.4 is 10.6 Å². The molecule has 0 bridgehead atoms. The van der Waals surface area contributed by atoms with E-state index in [1.54, 1.807) is 13.0 Å². The van der Waals surface area contributed by atoms with E-state index in [4.69, 9.17) is 9.84 Å². The minimum absolute atomic E-state index is 0.0838. The lowest BCUT2D eigenvalue weighted by Crippen LogP contribution is -2.44. The molecule has 0 radical (unpaired) electrons. The van der Waals surface area contributed by atoms with Gasteiger partial charge in [-0.25, -0.2) is 9.78 Å². The van der Waals surface area contributed by atoms with E-state index in [2.05, 4.69) is 31.5 Å². The minimum atomic E-state index is -1.11. The number of carbonyl (C=O) groups is 3. The fraction of sp³-hybridized carbons (Fsp3) is 0.231. The van der Waals surface area contributed by atoms with Crippen LogP contribution in [-0.4, -0.2) is 40.7 Å². The highest BCUT2D eigenvalue weighted by atomic mass is 79.9. The van der Waals surface area contributed by atoms with Gasteiger partial charge in [0.1, 0.15) is 18.5 Å². The van der Waals surface area contributed by atoms with Crippen molar-refractivity contribution < 1.29 is 24.2 Å². The molecule has 35 heavy (non-hydrogen) atoms. The molecule has 0 saturated heterocycles. The number of carboxylic acids is 1. The van der Waals surface area contributed by atoms with Gasteiger partial charge in [0.25, 0.3) is 0 Å². The van der Waals surface area contributed by atoms with Gasteiger partial charge in [0, 0.05) is 23.0 Å². The van der Waals surface area contributed by atoms with Crippen LogP contribution in [0.15, 0.2) is 65.3 Å². The molecule has 1 aromatic heterocycles. The van der Waals surface area contributed by atoms with Gasteiger partial charge in [-0.3, -0.25) is 9.59 Å². The quantitative estimate of drug-likeness (QED) is 0.377. The molecule has 1 aliphatic carbocycles. The summed E-state index contributed by atoms with van der Waals surface area (Å²) in [5.74, 6) is -1.45. The number of nitrogens with zero attached hydrogens (tertiary/aromatic N) is 1. The Kier molecular flexibility index (Phi) is 7.45. The molecule has 1 unspecified atom stereocenters. The van der Waals surface area contributed by atoms with E-state index in [9.17, 15) is 14.4 Å². The lowest BCUT2D eigenvalue weighted by molar-refractivity contribution is -0.137. The molecule has 4 rings (SSSR count). The van der Waals surface area contributed by atoms with Crippen LogP contribution in [0, 0.1) is 6.92 Å². The van der Waals surface area contributed by atoms with Crippen LogP contribution in [0.2, 0.25) is 0 Å². The lowest BCUT2D eigenvalue weighted by Gasteiger charge is -2.19. The van der Waals surface area contributed by atoms with Gasteiger partial charge in [0.2, 0.25) is 5.91 Å². The van der Waals surface area contributed by atoms with Crippen molar-refractivity contribution in [3.05, 3.63) is 82.0 Å². The number of alkyl carbamates (subject to hydrolysis) is 1. The summed E-state index contributed by atoms with van der Waals surface area (Å²) in [6.45, 7) is 1.86. The standard InChI is InChI=1S/C26H24BrN3O5/c1-15-12-16(27)13-28-24(15)30-25(33)22(10-11-23(31)32)29-26(34)35-14-21-19-8-4-2-6-17(19)18-7-3-5-9-20(18)21/h2-9,12-13,21-22H,10-11,14H2,1H3,(H,29,34)(H,31,32)(H,28,30,33). The van der Waals surface area contributed by atoms with Gasteiger partial charge in [0.05, 0.1) is 0 Å². The first-order chi connectivity index (χ1) is 16.8. The fourth-order valence-corrected chi connectivity index (χ4v) is 4.64. The van der Waals surface area contributed by atoms with Gasteiger partial charge >= 0.3 is 12.1 Å². The van der Waals surface area contributed by atoms with Crippen LogP contribution in [0.4, 0.5) is 10.6 Å². The molecule has 9 heteroatoms. The maximum Gasteiger partial charge on any atom is 0.407 e. The van der Waals surface area contributed by atoms with Crippen LogP contribution in [0.5, 0.6) is 0 Å². The monoisotopic (exact) mass is 537 g/mol. The van der Waals surface area contributed by atoms with E-state index in [1.165, 1.54) is 6.20 Å². The van der Waals surface area contributed by atoms with E-state index >= 15 is 0 Å². The summed E-state index contributed by atoms with van der Waals surface area (Å²) >= 11 is 3.32. The number of nitrogens with one attached hydrogen (secondary N) is 2. The highest BCUT2D eigenvalue weighted by molar-refractivity contribution is 9.10. The van der Waals surface area contributed by atoms with Crippen LogP contribution in [0.1, 0.15) is 35.4 Å². The fourth-order valence-electron chi connectivity index (χ4n) is 4.19. The van der Waals surface area contributed by atoms with E-state index in [0.717, 1.165) is 26.7 Å². The van der Waals surface area contributed by atoms with Gasteiger partial charge in [0.15, 0.2) is 0 Å². The number of pyridine rings is 1. The molecule has 1 heterocycles. The number of ether oxygens (including phenoxy) is 1. The van der Waals surface area contributed by atoms with Crippen LogP contribution in [0.25, 0.3) is 11.1 Å². The maximum atomic E-state index is 12.9. The first-order valence-corrected chi connectivity index (χ1v) is 11.9. The number of fused-ring (bicyclic) bond motifs is 3. The van der Waals surface area contributed by atoms with Crippen molar-refractivity contribution in [1.82, 2.24) is 10.3 Å². The van der Waals surface area contributed by atoms with Crippen molar-refractivity contribution >= 4 is 39.7 Å². The number of anilines is 1. The molecule has 0 aliphatic heterocycles. The van der Waals surface area contributed by atoms with E-state index < -0.39 is 24.0 Å². The number of hydrogen-bond acceptors (Lipinski definition) is 5. The molecule has 1 aliphatic rings. The third-order valence-corrected chi connectivity index (χ3v) is 6.32. The highest BCUT2D eigenvalue weighted by Crippen LogP contribution is 2.44. The van der Waals surface area contributed by atoms with Crippen LogP contribution in [-0.2, 0) is 14.3 Å². The second-order valence-corrected chi connectivity index (χ2v) is 9.18. The molecule has 0 fully saturated rings. The van der Waals surface area contributed by atoms with Crippen LogP contribution in [0.3, 0.4) is 0 Å². The second-order valence-electron chi connectivity index (χ2n) is 8.26. The average molecular weight is 538 g/mol. The number of amides is 2. The van der Waals surface area contributed by atoms with Crippen molar-refractivity contribution in [2.24, 2.45) is 0 Å². The summed E-state index contributed by atoms with van der Waals surface area (Å²) < 4.78 is 6.27. The summed E-state index contributed by atoms with van der Waals surface area (Å²) in [5.41, 5.74) is 5.06. The molecule has 1 atom stereocenters. The number of rotatable bonds is 8. The SMILES string of the molecule is Cc1cc(Br)cnc1NC(=O)C(CCC(=O)O)NC(=O)OCC1c2ccccc2-c2ccccc21. The maximum absolute atomic E-state index is 12.9. The molecule has 3 N–H and O–H groups in total. The molecular weight excluding hydrogens is 514 g/mol. The third-order valence-electron chi connectivity index (χ3n) is 5.89. The molecule has 2 amide bonds. The summed E-state index contributed by atoms with van der Waals surface area (Å²) in [7, 11) is 0. The topological polar surface area (TPSA) is 118 Å². The zero-order chi connectivity index (χ0) is 24.9. The molecule has 3 aromatic rings. The Labute approximate surface area is 210 Å². The summed E-state index contributed by atoms with van der Waals surface area (Å²) in [6.07, 6.45) is 0.349. The molecule has 0 saturated carbocycles. The predicted octanol–water partition coefficient (Wildman–Crippen LogP) is 4.86. The van der Waals surface area contributed by atoms with E-state index in [-0.39, 0.29) is 25.4 Å². The number of benzene rings is 2. The van der Waals surface area contributed by atoms with Gasteiger partial charge < -0.3 is 20.5 Å². The first-order valence-electron chi connectivity index (χ1n) is 11.1. The van der Waals surface area contributed by atoms with E-state index in [0.29, 0.717) is 11.4 Å². The van der Waals surface area contributed by atoms with Crippen molar-refractivity contribution in [1.29, 1.82) is 0 Å². The summed E-state index contributed by atoms with van der Waals surface area (Å²) in [4.78, 5) is 40.8. The number of halogens is 1. The number of aromatic nitrogens is 1. The largest absolute Gasteiger partial charge is 0.481 e. The Morgan fingerprint density at radius 1 is 1.09 bits per heavy atom. The van der Waals surface area contributed by atoms with Gasteiger partial charge in [-0.2, -0.15) is 0 Å². The predicted molar refractivity (Wildman–Crippen MR) is 134 cm³/mol. The zero-order valence-electron chi connectivity index (χ0n) is 19.0. The van der Waals surface area contributed by atoms with Gasteiger partial charge in [-0.05, 0) is 63.2 Å². The Hall–Kier alpha value is -3.72. The third kappa shape index (κ3) is 5.68. The van der Waals surface area contributed by atoms with Crippen LogP contribution >= 0.6 is 15.9 Å². The average Bonchev–Trinajstić information content (AvgIpc) is 3.15. The number of hydrogen-bond donors (Lipinski definition) is 3. The number of aliphatic carboxylic acids is 1. The number of aryl methyl sites for hydroxylation is 1. The smallest absolute Gasteiger partial charge is 0.407 e. The summed E-state index contributed by atoms with van der Waals surface area (Å²) in [6, 6.07) is 16.6. The molecule has 8 nitrogen and oxygen atoms in total. The zero-order valence-corrected chi connectivity index (χ0v) is 20.5. The van der Waals surface area contributed by atoms with Crippen molar-refractivity contribution in [3.8, 4) is 11.1 Å². The number of carboxylic acid groups (broad SMARTS) is 1. The Balaban J connectivity index is 1.43. The Bertz CT molecular complexity index is 1230. The molecule has 180 valence electrons. The van der Waals surface area contributed by atoms with Crippen molar-refractivity contribution in [3.63, 3.8) is 0 Å². The second kappa shape index (κ2) is 10.7. The Morgan fingerprint density at radius 2 is 1.71 bits per heavy atom. The van der Waals surface area contributed by atoms with Gasteiger partial charge in [-0.1, -0.05) is 48.5 Å². The summed E-state index contributed by atoms with van der Waals surface area (Å²) in [5, 5.41) is 14.3. The van der Waals surface area contributed by atoms with Crippen molar-refractivity contribution in [2.75, 3.05) is 11.9 Å². The van der Waals surface area contributed by atoms with E-state index in [1.807, 2.05) is 48.5 Å². The highest BCUT2D eigenvalue weighted by Gasteiger charge is 2.30. The van der Waals surface area contributed by atoms with Crippen molar-refractivity contribution in [2.45, 2.75) is 31.7 Å². The Morgan fingerprint density at radius 3 is 2.31 bits per heavy atom. The molecular formula is C26H24BrN3O5. The number of carbonyl (C=O) groups excluding carboxylic acids is 2. The van der Waals surface area contributed by atoms with Gasteiger partial charge in [-0.15, -0.1) is 0 Å². The lowest BCUT2D eigenvalue weighted by atomic mass is 9.98. The molecule has 0 spiro atoms. The molecule has 2 aromatic carbocycles. The minimum Gasteiger partial charge on any atom is -0.481 e.